The summed E-state index contributed by atoms with van der Waals surface area (Å²) in [5.41, 5.74) is 0.604. The number of rotatable bonds is 10. The highest BCUT2D eigenvalue weighted by atomic mass is 32.2. The Labute approximate surface area is 143 Å². The zero-order chi connectivity index (χ0) is 18.1. The second-order valence-corrected chi connectivity index (χ2v) is 5.86. The lowest BCUT2D eigenvalue weighted by atomic mass is 10.2. The fourth-order valence-corrected chi connectivity index (χ4v) is 2.88. The summed E-state index contributed by atoms with van der Waals surface area (Å²) < 4.78 is 4.94. The van der Waals surface area contributed by atoms with Crippen LogP contribution in [0.4, 0.5) is 5.69 Å². The number of thioether (sulfide) groups is 1. The van der Waals surface area contributed by atoms with E-state index < -0.39 is 10.9 Å². The molecule has 0 aromatic heterocycles. The number of carboxylic acids is 1. The Kier molecular flexibility index (Phi) is 8.03. The Hall–Kier alpha value is -2.29. The molecule has 0 heterocycles. The fraction of sp³-hybridized carbons (Fsp3) is 0.467. The van der Waals surface area contributed by atoms with E-state index in [0.717, 1.165) is 0 Å². The van der Waals surface area contributed by atoms with Gasteiger partial charge in [0.25, 0.3) is 0 Å². The van der Waals surface area contributed by atoms with E-state index in [1.165, 1.54) is 35.9 Å². The predicted molar refractivity (Wildman–Crippen MR) is 90.3 cm³/mol. The maximum Gasteiger partial charge on any atom is 0.311 e. The van der Waals surface area contributed by atoms with Gasteiger partial charge in [0.05, 0.1) is 24.2 Å². The molecule has 0 saturated carbocycles. The van der Waals surface area contributed by atoms with Gasteiger partial charge in [0.2, 0.25) is 5.91 Å². The number of carbonyl (C=O) groups is 2. The lowest BCUT2D eigenvalue weighted by Gasteiger charge is -2.19. The van der Waals surface area contributed by atoms with Crippen molar-refractivity contribution in [2.24, 2.45) is 0 Å². The average molecular weight is 356 g/mol. The fourth-order valence-electron chi connectivity index (χ4n) is 2.01. The molecule has 132 valence electrons. The number of carboxylic acid groups (broad SMARTS) is 1. The molecule has 0 atom stereocenters. The molecule has 0 fully saturated rings. The van der Waals surface area contributed by atoms with Gasteiger partial charge in [-0.1, -0.05) is 6.07 Å². The number of nitro groups is 1. The van der Waals surface area contributed by atoms with Gasteiger partial charge in [0.15, 0.2) is 5.75 Å². The van der Waals surface area contributed by atoms with Crippen LogP contribution in [-0.2, 0) is 15.3 Å². The minimum atomic E-state index is -0.945. The molecular weight excluding hydrogens is 336 g/mol. The molecule has 1 rings (SSSR count). The second kappa shape index (κ2) is 9.76. The smallest absolute Gasteiger partial charge is 0.311 e. The molecule has 0 saturated heterocycles. The molecule has 0 aliphatic rings. The molecule has 1 aromatic carbocycles. The zero-order valence-electron chi connectivity index (χ0n) is 13.6. The van der Waals surface area contributed by atoms with Crippen molar-refractivity contribution < 1.29 is 24.4 Å². The van der Waals surface area contributed by atoms with Crippen LogP contribution in [0.2, 0.25) is 0 Å². The molecule has 8 nitrogen and oxygen atoms in total. The van der Waals surface area contributed by atoms with Crippen molar-refractivity contribution in [3.63, 3.8) is 0 Å². The number of carbonyl (C=O) groups excluding carboxylic acids is 1. The first-order valence-electron chi connectivity index (χ1n) is 7.27. The third-order valence-corrected chi connectivity index (χ3v) is 4.25. The van der Waals surface area contributed by atoms with E-state index in [1.807, 2.05) is 0 Å². The SMILES string of the molecule is CCN(CCC(=O)O)C(=O)CSCc1ccc(OC)c([N+](=O)[O-])c1. The van der Waals surface area contributed by atoms with Crippen molar-refractivity contribution in [2.75, 3.05) is 26.0 Å². The Morgan fingerprint density at radius 3 is 2.67 bits per heavy atom. The maximum absolute atomic E-state index is 12.0. The Morgan fingerprint density at radius 1 is 1.42 bits per heavy atom. The van der Waals surface area contributed by atoms with Gasteiger partial charge in [-0.2, -0.15) is 0 Å². The topological polar surface area (TPSA) is 110 Å². The molecule has 24 heavy (non-hydrogen) atoms. The van der Waals surface area contributed by atoms with Gasteiger partial charge in [-0.3, -0.25) is 19.7 Å². The first kappa shape index (κ1) is 19.8. The monoisotopic (exact) mass is 356 g/mol. The minimum absolute atomic E-state index is 0.0884. The van der Waals surface area contributed by atoms with Crippen LogP contribution in [0.3, 0.4) is 0 Å². The normalized spacial score (nSPS) is 10.2. The Bertz CT molecular complexity index is 608. The quantitative estimate of drug-likeness (QED) is 0.505. The highest BCUT2D eigenvalue weighted by molar-refractivity contribution is 7.99. The van der Waals surface area contributed by atoms with E-state index in [4.69, 9.17) is 9.84 Å². The van der Waals surface area contributed by atoms with E-state index in [0.29, 0.717) is 17.9 Å². The lowest BCUT2D eigenvalue weighted by molar-refractivity contribution is -0.385. The number of methoxy groups -OCH3 is 1. The van der Waals surface area contributed by atoms with Crippen LogP contribution in [0.1, 0.15) is 18.9 Å². The van der Waals surface area contributed by atoms with E-state index in [-0.39, 0.29) is 36.1 Å². The third-order valence-electron chi connectivity index (χ3n) is 3.26. The molecule has 9 heteroatoms. The van der Waals surface area contributed by atoms with Gasteiger partial charge >= 0.3 is 11.7 Å². The molecule has 1 amide bonds. The van der Waals surface area contributed by atoms with Gasteiger partial charge in [0, 0.05) is 24.9 Å². The summed E-state index contributed by atoms with van der Waals surface area (Å²) in [5.74, 6) is -0.276. The van der Waals surface area contributed by atoms with Gasteiger partial charge in [-0.15, -0.1) is 11.8 Å². The van der Waals surface area contributed by atoms with Crippen molar-refractivity contribution in [3.8, 4) is 5.75 Å². The molecule has 0 aliphatic heterocycles. The first-order valence-corrected chi connectivity index (χ1v) is 8.43. The minimum Gasteiger partial charge on any atom is -0.490 e. The van der Waals surface area contributed by atoms with Gasteiger partial charge in [-0.25, -0.2) is 0 Å². The predicted octanol–water partition coefficient (Wildman–Crippen LogP) is 2.16. The van der Waals surface area contributed by atoms with Crippen molar-refractivity contribution in [2.45, 2.75) is 19.1 Å². The number of hydrogen-bond donors (Lipinski definition) is 1. The molecule has 0 radical (unpaired) electrons. The zero-order valence-corrected chi connectivity index (χ0v) is 14.4. The van der Waals surface area contributed by atoms with Crippen molar-refractivity contribution in [3.05, 3.63) is 33.9 Å². The number of ether oxygens (including phenoxy) is 1. The lowest BCUT2D eigenvalue weighted by Crippen LogP contribution is -2.34. The number of hydrogen-bond acceptors (Lipinski definition) is 6. The second-order valence-electron chi connectivity index (χ2n) is 4.87. The van der Waals surface area contributed by atoms with Gasteiger partial charge < -0.3 is 14.7 Å². The number of benzene rings is 1. The highest BCUT2D eigenvalue weighted by Gasteiger charge is 2.16. The molecule has 0 spiro atoms. The van der Waals surface area contributed by atoms with Gasteiger partial charge in [0.1, 0.15) is 0 Å². The van der Waals surface area contributed by atoms with E-state index in [9.17, 15) is 19.7 Å². The molecule has 0 unspecified atom stereocenters. The van der Waals surface area contributed by atoms with Crippen LogP contribution >= 0.6 is 11.8 Å². The summed E-state index contributed by atoms with van der Waals surface area (Å²) in [6.45, 7) is 2.41. The largest absolute Gasteiger partial charge is 0.490 e. The summed E-state index contributed by atoms with van der Waals surface area (Å²) in [5, 5.41) is 19.6. The molecular formula is C15H20N2O6S. The van der Waals surface area contributed by atoms with Crippen LogP contribution in [0.5, 0.6) is 5.75 Å². The summed E-state index contributed by atoms with van der Waals surface area (Å²) >= 11 is 1.32. The third kappa shape index (κ3) is 6.07. The number of aliphatic carboxylic acids is 1. The molecule has 1 N–H and O–H groups in total. The van der Waals surface area contributed by atoms with Gasteiger partial charge in [-0.05, 0) is 18.6 Å². The Balaban J connectivity index is 2.57. The van der Waals surface area contributed by atoms with E-state index in [1.54, 1.807) is 13.0 Å². The van der Waals surface area contributed by atoms with Crippen LogP contribution in [-0.4, -0.2) is 52.8 Å². The van der Waals surface area contributed by atoms with Crippen LogP contribution in [0, 0.1) is 10.1 Å². The van der Waals surface area contributed by atoms with E-state index in [2.05, 4.69) is 0 Å². The number of nitrogens with zero attached hydrogens (tertiary/aromatic N) is 2. The summed E-state index contributed by atoms with van der Waals surface area (Å²) in [6, 6.07) is 4.67. The molecule has 0 aliphatic carbocycles. The van der Waals surface area contributed by atoms with Crippen molar-refractivity contribution >= 4 is 29.3 Å². The van der Waals surface area contributed by atoms with Crippen LogP contribution in [0.15, 0.2) is 18.2 Å². The maximum atomic E-state index is 12.0. The highest BCUT2D eigenvalue weighted by Crippen LogP contribution is 2.29. The first-order chi connectivity index (χ1) is 11.4. The summed E-state index contributed by atoms with van der Waals surface area (Å²) in [4.78, 5) is 34.6. The van der Waals surface area contributed by atoms with Crippen molar-refractivity contribution in [1.82, 2.24) is 4.90 Å². The summed E-state index contributed by atoms with van der Waals surface area (Å²) in [7, 11) is 1.37. The molecule has 1 aromatic rings. The van der Waals surface area contributed by atoms with Crippen LogP contribution in [0.25, 0.3) is 0 Å². The standard InChI is InChI=1S/C15H20N2O6S/c1-3-16(7-6-15(19)20)14(18)10-24-9-11-4-5-13(23-2)12(8-11)17(21)22/h4-5,8H,3,6-7,9-10H2,1-2H3,(H,19,20). The molecule has 0 bridgehead atoms. The number of nitro benzene ring substituents is 1. The number of amides is 1. The van der Waals surface area contributed by atoms with Crippen molar-refractivity contribution in [1.29, 1.82) is 0 Å². The Morgan fingerprint density at radius 2 is 2.12 bits per heavy atom. The van der Waals surface area contributed by atoms with E-state index >= 15 is 0 Å². The average Bonchev–Trinajstić information content (AvgIpc) is 2.54. The van der Waals surface area contributed by atoms with Crippen LogP contribution < -0.4 is 4.74 Å². The summed E-state index contributed by atoms with van der Waals surface area (Å²) in [6.07, 6.45) is -0.0884.